The zero-order valence-corrected chi connectivity index (χ0v) is 10.5. The maximum atomic E-state index is 8.95. The van der Waals surface area contributed by atoms with Gasteiger partial charge in [0.25, 0.3) is 0 Å². The van der Waals surface area contributed by atoms with Crippen molar-refractivity contribution >= 4 is 11.6 Å². The third-order valence-corrected chi connectivity index (χ3v) is 3.60. The van der Waals surface area contributed by atoms with Gasteiger partial charge in [0.2, 0.25) is 0 Å². The van der Waals surface area contributed by atoms with Crippen LogP contribution >= 0.6 is 11.6 Å². The van der Waals surface area contributed by atoms with Crippen molar-refractivity contribution in [1.29, 1.82) is 0 Å². The molecule has 0 unspecified atom stereocenters. The molecule has 0 amide bonds. The number of hydrogen-bond acceptors (Lipinski definition) is 3. The van der Waals surface area contributed by atoms with Crippen molar-refractivity contribution in [1.82, 2.24) is 14.7 Å². The van der Waals surface area contributed by atoms with Crippen LogP contribution in [0.2, 0.25) is 5.02 Å². The Hall–Kier alpha value is -0.580. The van der Waals surface area contributed by atoms with Gasteiger partial charge in [0.15, 0.2) is 0 Å². The monoisotopic (exact) mass is 243 g/mol. The number of likely N-dealkylation sites (tertiary alicyclic amines) is 1. The number of aryl methyl sites for hydroxylation is 2. The molecule has 0 saturated carbocycles. The standard InChI is InChI=1S/C11H18ClN3O/c1-3-9-11(12)10(14(2)13-9)6-15-4-8(5-15)7-16/h8,16H,3-7H2,1-2H3. The number of rotatable bonds is 4. The van der Waals surface area contributed by atoms with Crippen LogP contribution in [0.4, 0.5) is 0 Å². The lowest BCUT2D eigenvalue weighted by atomic mass is 10.0. The van der Waals surface area contributed by atoms with E-state index < -0.39 is 0 Å². The predicted octanol–water partition coefficient (Wildman–Crippen LogP) is 1.06. The van der Waals surface area contributed by atoms with E-state index in [0.717, 1.165) is 42.5 Å². The first kappa shape index (κ1) is 11.9. The summed E-state index contributed by atoms with van der Waals surface area (Å²) in [5.41, 5.74) is 2.05. The molecule has 1 aliphatic rings. The highest BCUT2D eigenvalue weighted by molar-refractivity contribution is 6.31. The van der Waals surface area contributed by atoms with Gasteiger partial charge in [-0.25, -0.2) is 0 Å². The van der Waals surface area contributed by atoms with Crippen molar-refractivity contribution in [2.75, 3.05) is 19.7 Å². The van der Waals surface area contributed by atoms with Gasteiger partial charge < -0.3 is 5.11 Å². The predicted molar refractivity (Wildman–Crippen MR) is 63.4 cm³/mol. The molecule has 0 aliphatic carbocycles. The summed E-state index contributed by atoms with van der Waals surface area (Å²) < 4.78 is 1.87. The molecule has 90 valence electrons. The van der Waals surface area contributed by atoms with Crippen LogP contribution in [0, 0.1) is 5.92 Å². The van der Waals surface area contributed by atoms with E-state index in [4.69, 9.17) is 16.7 Å². The van der Waals surface area contributed by atoms with E-state index in [1.54, 1.807) is 0 Å². The summed E-state index contributed by atoms with van der Waals surface area (Å²) in [6.07, 6.45) is 0.867. The topological polar surface area (TPSA) is 41.3 Å². The van der Waals surface area contributed by atoms with Crippen LogP contribution in [0.25, 0.3) is 0 Å². The van der Waals surface area contributed by atoms with Gasteiger partial charge in [0.05, 0.1) is 16.4 Å². The highest BCUT2D eigenvalue weighted by Crippen LogP contribution is 2.25. The molecule has 1 saturated heterocycles. The Balaban J connectivity index is 2.02. The van der Waals surface area contributed by atoms with Gasteiger partial charge in [-0.2, -0.15) is 5.10 Å². The SMILES string of the molecule is CCc1nn(C)c(CN2CC(CO)C2)c1Cl. The molecule has 4 nitrogen and oxygen atoms in total. The Kier molecular flexibility index (Phi) is 3.52. The van der Waals surface area contributed by atoms with Crippen LogP contribution in [0.3, 0.4) is 0 Å². The van der Waals surface area contributed by atoms with E-state index in [1.807, 2.05) is 11.7 Å². The number of halogens is 1. The van der Waals surface area contributed by atoms with Gasteiger partial charge >= 0.3 is 0 Å². The molecule has 1 aromatic heterocycles. The average Bonchev–Trinajstić information content (AvgIpc) is 2.48. The lowest BCUT2D eigenvalue weighted by molar-refractivity contribution is 0.0462. The van der Waals surface area contributed by atoms with Crippen molar-refractivity contribution in [3.63, 3.8) is 0 Å². The fourth-order valence-electron chi connectivity index (χ4n) is 2.12. The highest BCUT2D eigenvalue weighted by atomic mass is 35.5. The van der Waals surface area contributed by atoms with Crippen molar-refractivity contribution in [3.05, 3.63) is 16.4 Å². The maximum absolute atomic E-state index is 8.95. The second kappa shape index (κ2) is 4.73. The van der Waals surface area contributed by atoms with Crippen LogP contribution in [0.1, 0.15) is 18.3 Å². The van der Waals surface area contributed by atoms with Gasteiger partial charge in [-0.3, -0.25) is 9.58 Å². The maximum Gasteiger partial charge on any atom is 0.0863 e. The summed E-state index contributed by atoms with van der Waals surface area (Å²) in [4.78, 5) is 2.28. The lowest BCUT2D eigenvalue weighted by Gasteiger charge is -2.38. The third kappa shape index (κ3) is 2.10. The molecule has 1 fully saturated rings. The van der Waals surface area contributed by atoms with E-state index in [-0.39, 0.29) is 6.61 Å². The summed E-state index contributed by atoms with van der Waals surface area (Å²) in [6, 6.07) is 0. The molecular weight excluding hydrogens is 226 g/mol. The highest BCUT2D eigenvalue weighted by Gasteiger charge is 2.27. The molecule has 1 aliphatic heterocycles. The smallest absolute Gasteiger partial charge is 0.0863 e. The Morgan fingerprint density at radius 1 is 1.50 bits per heavy atom. The molecular formula is C11H18ClN3O. The molecule has 2 rings (SSSR count). The summed E-state index contributed by atoms with van der Waals surface area (Å²) in [6.45, 7) is 5.09. The average molecular weight is 244 g/mol. The van der Waals surface area contributed by atoms with Gasteiger partial charge in [0.1, 0.15) is 0 Å². The van der Waals surface area contributed by atoms with E-state index in [2.05, 4.69) is 16.9 Å². The normalized spacial score (nSPS) is 17.8. The number of aliphatic hydroxyl groups is 1. The first-order valence-electron chi connectivity index (χ1n) is 5.69. The van der Waals surface area contributed by atoms with Crippen LogP contribution in [-0.2, 0) is 20.0 Å². The van der Waals surface area contributed by atoms with E-state index in [9.17, 15) is 0 Å². The van der Waals surface area contributed by atoms with E-state index in [1.165, 1.54) is 0 Å². The number of aromatic nitrogens is 2. The first-order chi connectivity index (χ1) is 7.65. The van der Waals surface area contributed by atoms with Crippen LogP contribution in [0.15, 0.2) is 0 Å². The third-order valence-electron chi connectivity index (χ3n) is 3.17. The molecule has 0 radical (unpaired) electrons. The van der Waals surface area contributed by atoms with Gasteiger partial charge in [-0.15, -0.1) is 0 Å². The Morgan fingerprint density at radius 2 is 2.19 bits per heavy atom. The summed E-state index contributed by atoms with van der Waals surface area (Å²) in [7, 11) is 1.93. The fourth-order valence-corrected chi connectivity index (χ4v) is 2.48. The number of nitrogens with zero attached hydrogens (tertiary/aromatic N) is 3. The van der Waals surface area contributed by atoms with Crippen molar-refractivity contribution in [3.8, 4) is 0 Å². The molecule has 1 aromatic rings. The number of aliphatic hydroxyl groups excluding tert-OH is 1. The molecule has 0 atom stereocenters. The second-order valence-corrected chi connectivity index (χ2v) is 4.81. The molecule has 5 heteroatoms. The largest absolute Gasteiger partial charge is 0.396 e. The van der Waals surface area contributed by atoms with Crippen LogP contribution in [-0.4, -0.2) is 39.5 Å². The molecule has 16 heavy (non-hydrogen) atoms. The zero-order chi connectivity index (χ0) is 11.7. The van der Waals surface area contributed by atoms with Gasteiger partial charge in [-0.1, -0.05) is 18.5 Å². The van der Waals surface area contributed by atoms with Gasteiger partial charge in [-0.05, 0) is 6.42 Å². The van der Waals surface area contributed by atoms with Crippen molar-refractivity contribution < 1.29 is 5.11 Å². The molecule has 0 aromatic carbocycles. The second-order valence-electron chi connectivity index (χ2n) is 4.43. The number of hydrogen-bond donors (Lipinski definition) is 1. The molecule has 2 heterocycles. The quantitative estimate of drug-likeness (QED) is 0.860. The molecule has 0 spiro atoms. The zero-order valence-electron chi connectivity index (χ0n) is 9.78. The first-order valence-corrected chi connectivity index (χ1v) is 6.07. The Bertz CT molecular complexity index is 372. The van der Waals surface area contributed by atoms with Gasteiger partial charge in [0, 0.05) is 39.2 Å². The Morgan fingerprint density at radius 3 is 2.69 bits per heavy atom. The summed E-state index contributed by atoms with van der Waals surface area (Å²) in [5.74, 6) is 0.442. The van der Waals surface area contributed by atoms with Crippen LogP contribution < -0.4 is 0 Å². The summed E-state index contributed by atoms with van der Waals surface area (Å²) >= 11 is 6.27. The Labute approximate surface area is 101 Å². The molecule has 0 bridgehead atoms. The molecule has 1 N–H and O–H groups in total. The fraction of sp³-hybridized carbons (Fsp3) is 0.727. The summed E-state index contributed by atoms with van der Waals surface area (Å²) in [5, 5.41) is 14.1. The van der Waals surface area contributed by atoms with E-state index in [0.29, 0.717) is 5.92 Å². The minimum Gasteiger partial charge on any atom is -0.396 e. The van der Waals surface area contributed by atoms with Crippen LogP contribution in [0.5, 0.6) is 0 Å². The van der Waals surface area contributed by atoms with Crippen molar-refractivity contribution in [2.45, 2.75) is 19.9 Å². The van der Waals surface area contributed by atoms with Crippen molar-refractivity contribution in [2.24, 2.45) is 13.0 Å². The minimum atomic E-state index is 0.288. The van der Waals surface area contributed by atoms with E-state index >= 15 is 0 Å². The lowest BCUT2D eigenvalue weighted by Crippen LogP contribution is -2.47. The minimum absolute atomic E-state index is 0.288.